The highest BCUT2D eigenvalue weighted by Crippen LogP contribution is 2.56. The molecule has 3 fully saturated rings. The molecule has 0 aromatic heterocycles. The first-order chi connectivity index (χ1) is 11.0. The molecule has 118 valence electrons. The fourth-order valence-corrected chi connectivity index (χ4v) is 4.07. The lowest BCUT2D eigenvalue weighted by Crippen LogP contribution is -2.50. The van der Waals surface area contributed by atoms with Crippen molar-refractivity contribution >= 4 is 29.3 Å². The molecule has 4 rings (SSSR count). The van der Waals surface area contributed by atoms with Gasteiger partial charge in [-0.15, -0.1) is 0 Å². The zero-order valence-corrected chi connectivity index (χ0v) is 12.9. The van der Waals surface area contributed by atoms with Crippen molar-refractivity contribution < 1.29 is 19.2 Å². The third-order valence-electron chi connectivity index (χ3n) is 5.39. The fraction of sp³-hybridized carbons (Fsp3) is 0.412. The van der Waals surface area contributed by atoms with Crippen molar-refractivity contribution in [2.45, 2.75) is 13.3 Å². The average Bonchev–Trinajstić information content (AvgIpc) is 2.83. The quantitative estimate of drug-likeness (QED) is 0.750. The summed E-state index contributed by atoms with van der Waals surface area (Å²) in [6, 6.07) is 7.23. The number of likely N-dealkylation sites (tertiary alicyclic amines) is 1. The van der Waals surface area contributed by atoms with Gasteiger partial charge in [0.15, 0.2) is 0 Å². The Balaban J connectivity index is 1.69. The van der Waals surface area contributed by atoms with E-state index in [1.807, 2.05) is 19.1 Å². The van der Waals surface area contributed by atoms with Crippen LogP contribution in [0.25, 0.3) is 0 Å². The molecule has 0 spiro atoms. The normalized spacial score (nSPS) is 32.3. The van der Waals surface area contributed by atoms with E-state index in [0.29, 0.717) is 5.69 Å². The van der Waals surface area contributed by atoms with Crippen molar-refractivity contribution in [2.24, 2.45) is 23.7 Å². The summed E-state index contributed by atoms with van der Waals surface area (Å²) in [5.41, 5.74) is 1.62. The predicted molar refractivity (Wildman–Crippen MR) is 80.1 cm³/mol. The van der Waals surface area contributed by atoms with Gasteiger partial charge in [-0.1, -0.05) is 19.1 Å². The van der Waals surface area contributed by atoms with Crippen molar-refractivity contribution in [1.29, 1.82) is 0 Å². The number of imide groups is 2. The number of hydrogen-bond acceptors (Lipinski definition) is 4. The van der Waals surface area contributed by atoms with E-state index in [4.69, 9.17) is 0 Å². The minimum atomic E-state index is -0.681. The smallest absolute Gasteiger partial charge is 0.238 e. The van der Waals surface area contributed by atoms with Gasteiger partial charge in [-0.05, 0) is 24.1 Å². The summed E-state index contributed by atoms with van der Waals surface area (Å²) in [5, 5.41) is 0. The Kier molecular flexibility index (Phi) is 2.76. The Labute approximate surface area is 133 Å². The Morgan fingerprint density at radius 1 is 0.783 bits per heavy atom. The summed E-state index contributed by atoms with van der Waals surface area (Å²) in [6.45, 7) is 2.02. The number of benzene rings is 1. The van der Waals surface area contributed by atoms with Crippen LogP contribution in [0.15, 0.2) is 24.3 Å². The van der Waals surface area contributed by atoms with E-state index in [1.54, 1.807) is 12.1 Å². The number of amides is 4. The lowest BCUT2D eigenvalue weighted by molar-refractivity contribution is -0.146. The van der Waals surface area contributed by atoms with Crippen molar-refractivity contribution in [3.63, 3.8) is 0 Å². The minimum absolute atomic E-state index is 0.342. The molecule has 0 bridgehead atoms. The summed E-state index contributed by atoms with van der Waals surface area (Å²) in [7, 11) is 1.41. The molecule has 6 nitrogen and oxygen atoms in total. The van der Waals surface area contributed by atoms with Gasteiger partial charge in [-0.2, -0.15) is 0 Å². The number of anilines is 1. The predicted octanol–water partition coefficient (Wildman–Crippen LogP) is 0.599. The molecule has 4 unspecified atom stereocenters. The molecule has 4 atom stereocenters. The van der Waals surface area contributed by atoms with E-state index >= 15 is 0 Å². The minimum Gasteiger partial charge on any atom is -0.285 e. The number of carbonyl (C=O) groups excluding carboxylic acids is 4. The Bertz CT molecular complexity index is 714. The number of nitrogens with zero attached hydrogens (tertiary/aromatic N) is 2. The molecule has 6 heteroatoms. The molecule has 23 heavy (non-hydrogen) atoms. The molecule has 0 radical (unpaired) electrons. The standard InChI is InChI=1S/C17H16N2O4/c1-3-8-4-6-9(7-5-8)19-16(22)12-10-11(13(12)17(19)23)15(21)18(2)14(10)20/h4-7,10-13H,3H2,1-2H3. The van der Waals surface area contributed by atoms with Crippen LogP contribution in [0.3, 0.4) is 0 Å². The molecule has 1 aromatic carbocycles. The van der Waals surface area contributed by atoms with Crippen LogP contribution in [0, 0.1) is 23.7 Å². The van der Waals surface area contributed by atoms with Crippen molar-refractivity contribution in [3.8, 4) is 0 Å². The van der Waals surface area contributed by atoms with Crippen LogP contribution in [0.2, 0.25) is 0 Å². The summed E-state index contributed by atoms with van der Waals surface area (Å²) < 4.78 is 0. The summed E-state index contributed by atoms with van der Waals surface area (Å²) in [6.07, 6.45) is 0.868. The largest absolute Gasteiger partial charge is 0.285 e. The number of hydrogen-bond donors (Lipinski definition) is 0. The molecule has 4 amide bonds. The van der Waals surface area contributed by atoms with E-state index in [0.717, 1.165) is 21.8 Å². The number of rotatable bonds is 2. The zero-order valence-electron chi connectivity index (χ0n) is 12.9. The van der Waals surface area contributed by atoms with Gasteiger partial charge < -0.3 is 0 Å². The molecule has 0 N–H and O–H groups in total. The molecule has 1 aliphatic carbocycles. The molecular formula is C17H16N2O4. The lowest BCUT2D eigenvalue weighted by atomic mass is 9.59. The van der Waals surface area contributed by atoms with E-state index < -0.39 is 23.7 Å². The second-order valence-electron chi connectivity index (χ2n) is 6.37. The molecule has 2 aliphatic heterocycles. The average molecular weight is 312 g/mol. The monoisotopic (exact) mass is 312 g/mol. The van der Waals surface area contributed by atoms with Crippen LogP contribution in [0.1, 0.15) is 12.5 Å². The van der Waals surface area contributed by atoms with E-state index in [-0.39, 0.29) is 23.6 Å². The summed E-state index contributed by atoms with van der Waals surface area (Å²) in [4.78, 5) is 51.8. The third kappa shape index (κ3) is 1.58. The van der Waals surface area contributed by atoms with Crippen LogP contribution in [0.5, 0.6) is 0 Å². The molecule has 3 aliphatic rings. The first kappa shape index (κ1) is 14.1. The second kappa shape index (κ2) is 4.50. The molecule has 2 heterocycles. The molecule has 1 saturated carbocycles. The van der Waals surface area contributed by atoms with Gasteiger partial charge in [-0.3, -0.25) is 29.0 Å². The van der Waals surface area contributed by atoms with Gasteiger partial charge in [0, 0.05) is 7.05 Å². The van der Waals surface area contributed by atoms with Gasteiger partial charge >= 0.3 is 0 Å². The topological polar surface area (TPSA) is 74.8 Å². The Morgan fingerprint density at radius 3 is 1.65 bits per heavy atom. The lowest BCUT2D eigenvalue weighted by Gasteiger charge is -2.36. The van der Waals surface area contributed by atoms with Crippen molar-refractivity contribution in [1.82, 2.24) is 4.90 Å². The van der Waals surface area contributed by atoms with Crippen LogP contribution in [-0.2, 0) is 25.6 Å². The van der Waals surface area contributed by atoms with Crippen LogP contribution in [0.4, 0.5) is 5.69 Å². The number of fused-ring (bicyclic) bond motifs is 4. The molecule has 1 aromatic rings. The van der Waals surface area contributed by atoms with E-state index in [2.05, 4.69) is 0 Å². The van der Waals surface area contributed by atoms with E-state index in [9.17, 15) is 19.2 Å². The number of carbonyl (C=O) groups is 4. The highest BCUT2D eigenvalue weighted by molar-refractivity contribution is 6.27. The SMILES string of the molecule is CCc1ccc(N2C(=O)C3C4C(=O)N(C)C(=O)C4C3C2=O)cc1. The molecular weight excluding hydrogens is 296 g/mol. The maximum absolute atomic E-state index is 12.7. The van der Waals surface area contributed by atoms with Gasteiger partial charge in [0.1, 0.15) is 0 Å². The van der Waals surface area contributed by atoms with Gasteiger partial charge in [0.2, 0.25) is 23.6 Å². The van der Waals surface area contributed by atoms with Crippen LogP contribution >= 0.6 is 0 Å². The van der Waals surface area contributed by atoms with Crippen LogP contribution < -0.4 is 4.90 Å². The highest BCUT2D eigenvalue weighted by Gasteiger charge is 2.73. The van der Waals surface area contributed by atoms with Crippen molar-refractivity contribution in [2.75, 3.05) is 11.9 Å². The van der Waals surface area contributed by atoms with Crippen LogP contribution in [-0.4, -0.2) is 35.6 Å². The Morgan fingerprint density at radius 2 is 1.22 bits per heavy atom. The molecule has 2 saturated heterocycles. The second-order valence-corrected chi connectivity index (χ2v) is 6.37. The highest BCUT2D eigenvalue weighted by atomic mass is 16.2. The Hall–Kier alpha value is -2.50. The number of aryl methyl sites for hydroxylation is 1. The third-order valence-corrected chi connectivity index (χ3v) is 5.39. The van der Waals surface area contributed by atoms with Crippen molar-refractivity contribution in [3.05, 3.63) is 29.8 Å². The van der Waals surface area contributed by atoms with E-state index in [1.165, 1.54) is 7.05 Å². The maximum Gasteiger partial charge on any atom is 0.238 e. The van der Waals surface area contributed by atoms with Gasteiger partial charge in [0.05, 0.1) is 29.4 Å². The fourth-order valence-electron chi connectivity index (χ4n) is 4.07. The van der Waals surface area contributed by atoms with Gasteiger partial charge in [-0.25, -0.2) is 0 Å². The first-order valence-electron chi connectivity index (χ1n) is 7.75. The maximum atomic E-state index is 12.7. The van der Waals surface area contributed by atoms with Gasteiger partial charge in [0.25, 0.3) is 0 Å². The summed E-state index contributed by atoms with van der Waals surface area (Å²) in [5.74, 6) is -4.08. The first-order valence-corrected chi connectivity index (χ1v) is 7.75. The zero-order chi connectivity index (χ0) is 16.5. The summed E-state index contributed by atoms with van der Waals surface area (Å²) >= 11 is 0.